The van der Waals surface area contributed by atoms with Crippen molar-refractivity contribution in [2.75, 3.05) is 18.1 Å². The second-order valence-electron chi connectivity index (χ2n) is 6.40. The third-order valence-electron chi connectivity index (χ3n) is 3.70. The van der Waals surface area contributed by atoms with Crippen LogP contribution in [0, 0.1) is 0 Å². The van der Waals surface area contributed by atoms with Crippen molar-refractivity contribution in [1.82, 2.24) is 5.32 Å². The van der Waals surface area contributed by atoms with Crippen LogP contribution in [0.15, 0.2) is 24.3 Å². The van der Waals surface area contributed by atoms with Gasteiger partial charge in [0.25, 0.3) is 0 Å². The van der Waals surface area contributed by atoms with Gasteiger partial charge in [0.15, 0.2) is 0 Å². The lowest BCUT2D eigenvalue weighted by atomic mass is 10.1. The number of hydrogen-bond acceptors (Lipinski definition) is 3. The molecule has 0 aliphatic carbocycles. The Morgan fingerprint density at radius 2 is 2.05 bits per heavy atom. The molecule has 1 aliphatic heterocycles. The summed E-state index contributed by atoms with van der Waals surface area (Å²) >= 11 is 0. The predicted molar refractivity (Wildman–Crippen MR) is 80.5 cm³/mol. The van der Waals surface area contributed by atoms with Crippen molar-refractivity contribution in [3.05, 3.63) is 29.8 Å². The molecule has 1 fully saturated rings. The highest BCUT2D eigenvalue weighted by atomic mass is 16.3. The zero-order valence-electron chi connectivity index (χ0n) is 12.3. The smallest absolute Gasteiger partial charge is 0.0635 e. The number of aliphatic hydroxyl groups is 1. The highest BCUT2D eigenvalue weighted by molar-refractivity contribution is 5.55. The third kappa shape index (κ3) is 3.71. The molecule has 19 heavy (non-hydrogen) atoms. The summed E-state index contributed by atoms with van der Waals surface area (Å²) in [7, 11) is 0. The summed E-state index contributed by atoms with van der Waals surface area (Å²) < 4.78 is 0. The van der Waals surface area contributed by atoms with Gasteiger partial charge in [-0.3, -0.25) is 0 Å². The Hall–Kier alpha value is -1.06. The van der Waals surface area contributed by atoms with Gasteiger partial charge in [-0.25, -0.2) is 0 Å². The van der Waals surface area contributed by atoms with Crippen LogP contribution in [0.25, 0.3) is 0 Å². The maximum atomic E-state index is 9.49. The van der Waals surface area contributed by atoms with Crippen LogP contribution < -0.4 is 10.2 Å². The molecule has 0 radical (unpaired) electrons. The van der Waals surface area contributed by atoms with Crippen molar-refractivity contribution in [1.29, 1.82) is 0 Å². The minimum absolute atomic E-state index is 0.120. The fourth-order valence-corrected chi connectivity index (χ4v) is 2.64. The van der Waals surface area contributed by atoms with Crippen molar-refractivity contribution < 1.29 is 5.11 Å². The number of anilines is 1. The third-order valence-corrected chi connectivity index (χ3v) is 3.70. The van der Waals surface area contributed by atoms with E-state index in [2.05, 4.69) is 55.3 Å². The van der Waals surface area contributed by atoms with E-state index < -0.39 is 0 Å². The van der Waals surface area contributed by atoms with Crippen molar-refractivity contribution in [3.8, 4) is 0 Å². The minimum atomic E-state index is 0.120. The molecule has 2 rings (SSSR count). The fourth-order valence-electron chi connectivity index (χ4n) is 2.64. The van der Waals surface area contributed by atoms with E-state index in [1.807, 2.05) is 0 Å². The molecule has 1 heterocycles. The molecule has 3 nitrogen and oxygen atoms in total. The lowest BCUT2D eigenvalue weighted by Gasteiger charge is -2.29. The Morgan fingerprint density at radius 1 is 1.32 bits per heavy atom. The highest BCUT2D eigenvalue weighted by Gasteiger charge is 2.25. The first-order valence-corrected chi connectivity index (χ1v) is 7.22. The van der Waals surface area contributed by atoms with Crippen LogP contribution in [0.3, 0.4) is 0 Å². The van der Waals surface area contributed by atoms with Crippen molar-refractivity contribution in [3.63, 3.8) is 0 Å². The quantitative estimate of drug-likeness (QED) is 0.875. The average molecular weight is 262 g/mol. The molecule has 1 aromatic rings. The van der Waals surface area contributed by atoms with E-state index in [1.165, 1.54) is 17.7 Å². The lowest BCUT2D eigenvalue weighted by molar-refractivity contribution is 0.266. The Morgan fingerprint density at radius 3 is 2.74 bits per heavy atom. The molecule has 0 spiro atoms. The highest BCUT2D eigenvalue weighted by Crippen LogP contribution is 2.28. The standard InChI is InChI=1S/C16H26N2O/c1-16(2,3)17-11-13-7-4-5-9-15(13)18-10-6-8-14(18)12-19/h4-5,7,9,14,17,19H,6,8,10-12H2,1-3H3. The zero-order valence-corrected chi connectivity index (χ0v) is 12.3. The van der Waals surface area contributed by atoms with E-state index in [9.17, 15) is 5.11 Å². The van der Waals surface area contributed by atoms with Gasteiger partial charge >= 0.3 is 0 Å². The summed E-state index contributed by atoms with van der Waals surface area (Å²) in [4.78, 5) is 2.36. The Bertz CT molecular complexity index is 411. The van der Waals surface area contributed by atoms with Crippen LogP contribution in [0.1, 0.15) is 39.2 Å². The second-order valence-corrected chi connectivity index (χ2v) is 6.40. The molecule has 1 atom stereocenters. The van der Waals surface area contributed by atoms with Gasteiger partial charge < -0.3 is 15.3 Å². The largest absolute Gasteiger partial charge is 0.394 e. The van der Waals surface area contributed by atoms with Gasteiger partial charge in [0.1, 0.15) is 0 Å². The first kappa shape index (κ1) is 14.4. The van der Waals surface area contributed by atoms with E-state index in [-0.39, 0.29) is 18.2 Å². The van der Waals surface area contributed by atoms with Gasteiger partial charge in [0, 0.05) is 24.3 Å². The van der Waals surface area contributed by atoms with Crippen LogP contribution in [0.5, 0.6) is 0 Å². The number of nitrogens with zero attached hydrogens (tertiary/aromatic N) is 1. The summed E-state index contributed by atoms with van der Waals surface area (Å²) in [5, 5.41) is 13.0. The van der Waals surface area contributed by atoms with Gasteiger partial charge in [-0.1, -0.05) is 18.2 Å². The van der Waals surface area contributed by atoms with Crippen LogP contribution in [-0.2, 0) is 6.54 Å². The average Bonchev–Trinajstić information content (AvgIpc) is 2.84. The number of benzene rings is 1. The summed E-state index contributed by atoms with van der Waals surface area (Å²) in [5.74, 6) is 0. The number of aliphatic hydroxyl groups excluding tert-OH is 1. The van der Waals surface area contributed by atoms with Crippen LogP contribution >= 0.6 is 0 Å². The van der Waals surface area contributed by atoms with Gasteiger partial charge in [0.2, 0.25) is 0 Å². The number of nitrogens with one attached hydrogen (secondary N) is 1. The molecule has 0 aromatic heterocycles. The van der Waals surface area contributed by atoms with Gasteiger partial charge in [-0.05, 0) is 45.2 Å². The molecule has 0 bridgehead atoms. The lowest BCUT2D eigenvalue weighted by Crippen LogP contribution is -2.37. The van der Waals surface area contributed by atoms with Gasteiger partial charge in [-0.2, -0.15) is 0 Å². The monoisotopic (exact) mass is 262 g/mol. The second kappa shape index (κ2) is 5.93. The van der Waals surface area contributed by atoms with E-state index in [0.29, 0.717) is 0 Å². The Kier molecular flexibility index (Phi) is 4.48. The topological polar surface area (TPSA) is 35.5 Å². The number of rotatable bonds is 4. The first-order valence-electron chi connectivity index (χ1n) is 7.22. The first-order chi connectivity index (χ1) is 9.01. The maximum Gasteiger partial charge on any atom is 0.0635 e. The molecular weight excluding hydrogens is 236 g/mol. The molecule has 1 aromatic carbocycles. The molecule has 1 saturated heterocycles. The van der Waals surface area contributed by atoms with Crippen LogP contribution in [0.4, 0.5) is 5.69 Å². The normalized spacial score (nSPS) is 20.0. The maximum absolute atomic E-state index is 9.49. The molecular formula is C16H26N2O. The Labute approximate surface area is 116 Å². The molecule has 1 unspecified atom stereocenters. The summed E-state index contributed by atoms with van der Waals surface area (Å²) in [6.07, 6.45) is 2.27. The summed E-state index contributed by atoms with van der Waals surface area (Å²) in [6.45, 7) is 8.72. The van der Waals surface area contributed by atoms with E-state index in [0.717, 1.165) is 19.5 Å². The SMILES string of the molecule is CC(C)(C)NCc1ccccc1N1CCCC1CO. The minimum Gasteiger partial charge on any atom is -0.394 e. The number of para-hydroxylation sites is 1. The van der Waals surface area contributed by atoms with Gasteiger partial charge in [-0.15, -0.1) is 0 Å². The Balaban J connectivity index is 2.16. The van der Waals surface area contributed by atoms with Crippen molar-refractivity contribution >= 4 is 5.69 Å². The van der Waals surface area contributed by atoms with Crippen molar-refractivity contribution in [2.45, 2.75) is 51.7 Å². The molecule has 1 aliphatic rings. The van der Waals surface area contributed by atoms with Crippen LogP contribution in [-0.4, -0.2) is 29.8 Å². The van der Waals surface area contributed by atoms with Gasteiger partial charge in [0.05, 0.1) is 12.6 Å². The van der Waals surface area contributed by atoms with E-state index in [4.69, 9.17) is 0 Å². The van der Waals surface area contributed by atoms with E-state index >= 15 is 0 Å². The summed E-state index contributed by atoms with van der Waals surface area (Å²) in [6, 6.07) is 8.82. The molecule has 2 N–H and O–H groups in total. The molecule has 106 valence electrons. The summed E-state index contributed by atoms with van der Waals surface area (Å²) in [5.41, 5.74) is 2.71. The van der Waals surface area contributed by atoms with Crippen LogP contribution in [0.2, 0.25) is 0 Å². The fraction of sp³-hybridized carbons (Fsp3) is 0.625. The van der Waals surface area contributed by atoms with Crippen molar-refractivity contribution in [2.24, 2.45) is 0 Å². The number of hydrogen-bond donors (Lipinski definition) is 2. The molecule has 0 amide bonds. The zero-order chi connectivity index (χ0) is 13.9. The van der Waals surface area contributed by atoms with E-state index in [1.54, 1.807) is 0 Å². The molecule has 3 heteroatoms. The predicted octanol–water partition coefficient (Wildman–Crippen LogP) is 2.54. The molecule has 0 saturated carbocycles.